The molecule has 2 aromatic carbocycles. The van der Waals surface area contributed by atoms with E-state index < -0.39 is 0 Å². The fraction of sp³-hybridized carbons (Fsp3) is 0.304. The summed E-state index contributed by atoms with van der Waals surface area (Å²) < 4.78 is 1.78. The lowest BCUT2D eigenvalue weighted by atomic mass is 10.0. The van der Waals surface area contributed by atoms with Gasteiger partial charge in [-0.15, -0.1) is 0 Å². The largest absolute Gasteiger partial charge is 0.348 e. The minimum Gasteiger partial charge on any atom is -0.348 e. The second-order valence-corrected chi connectivity index (χ2v) is 7.29. The molecular formula is C23H26N4O. The normalized spacial score (nSPS) is 14.7. The number of hydrogen-bond donors (Lipinski definition) is 1. The van der Waals surface area contributed by atoms with Crippen molar-refractivity contribution in [3.8, 4) is 5.69 Å². The Bertz CT molecular complexity index is 897. The first-order valence-corrected chi connectivity index (χ1v) is 9.97. The van der Waals surface area contributed by atoms with Crippen molar-refractivity contribution in [2.45, 2.75) is 32.4 Å². The molecule has 3 aromatic rings. The molecule has 1 aliphatic heterocycles. The highest BCUT2D eigenvalue weighted by Gasteiger charge is 2.13. The summed E-state index contributed by atoms with van der Waals surface area (Å²) >= 11 is 0. The number of carbonyl (C=O) groups is 1. The fourth-order valence-electron chi connectivity index (χ4n) is 3.71. The molecule has 1 saturated heterocycles. The van der Waals surface area contributed by atoms with Crippen molar-refractivity contribution >= 4 is 5.91 Å². The van der Waals surface area contributed by atoms with Crippen molar-refractivity contribution in [2.75, 3.05) is 13.1 Å². The minimum atomic E-state index is -0.0557. The molecule has 5 heteroatoms. The first-order valence-electron chi connectivity index (χ1n) is 9.97. The standard InChI is InChI=1S/C23H26N4O/c28-23(19-9-11-22(12-10-19)27-16-6-13-25-27)24-17-20-7-2-3-8-21(20)18-26-14-4-1-5-15-26/h2-3,6-13,16H,1,4-5,14-15,17-18H2,(H,24,28). The Kier molecular flexibility index (Phi) is 5.83. The molecular weight excluding hydrogens is 348 g/mol. The molecule has 4 rings (SSSR count). The van der Waals surface area contributed by atoms with Gasteiger partial charge in [0, 0.05) is 31.0 Å². The summed E-state index contributed by atoms with van der Waals surface area (Å²) in [4.78, 5) is 15.1. The Balaban J connectivity index is 1.38. The van der Waals surface area contributed by atoms with E-state index in [9.17, 15) is 4.79 Å². The molecule has 1 aliphatic rings. The van der Waals surface area contributed by atoms with Crippen LogP contribution in [0.25, 0.3) is 5.69 Å². The average molecular weight is 374 g/mol. The van der Waals surface area contributed by atoms with Gasteiger partial charge in [-0.2, -0.15) is 5.10 Å². The smallest absolute Gasteiger partial charge is 0.251 e. The Morgan fingerprint density at radius 3 is 2.39 bits per heavy atom. The monoisotopic (exact) mass is 374 g/mol. The van der Waals surface area contributed by atoms with Crippen LogP contribution in [0, 0.1) is 0 Å². The molecule has 0 bridgehead atoms. The van der Waals surface area contributed by atoms with E-state index in [1.54, 1.807) is 10.9 Å². The Morgan fingerprint density at radius 2 is 1.68 bits per heavy atom. The molecule has 144 valence electrons. The Labute approximate surface area is 166 Å². The maximum atomic E-state index is 12.6. The van der Waals surface area contributed by atoms with Crippen LogP contribution < -0.4 is 5.32 Å². The number of nitrogens with zero attached hydrogens (tertiary/aromatic N) is 3. The van der Waals surface area contributed by atoms with Gasteiger partial charge in [0.05, 0.1) is 5.69 Å². The van der Waals surface area contributed by atoms with E-state index in [0.717, 1.165) is 12.2 Å². The van der Waals surface area contributed by atoms with Gasteiger partial charge in [0.2, 0.25) is 0 Å². The van der Waals surface area contributed by atoms with Gasteiger partial charge in [-0.1, -0.05) is 30.7 Å². The molecule has 2 heterocycles. The third kappa shape index (κ3) is 4.49. The van der Waals surface area contributed by atoms with Crippen molar-refractivity contribution in [2.24, 2.45) is 0 Å². The van der Waals surface area contributed by atoms with E-state index in [1.165, 1.54) is 43.5 Å². The summed E-state index contributed by atoms with van der Waals surface area (Å²) in [6, 6.07) is 17.8. The van der Waals surface area contributed by atoms with Crippen molar-refractivity contribution in [1.82, 2.24) is 20.0 Å². The van der Waals surface area contributed by atoms with E-state index in [-0.39, 0.29) is 5.91 Å². The number of nitrogens with one attached hydrogen (secondary N) is 1. The van der Waals surface area contributed by atoms with Crippen LogP contribution in [-0.4, -0.2) is 33.7 Å². The van der Waals surface area contributed by atoms with Crippen LogP contribution in [0.2, 0.25) is 0 Å². The van der Waals surface area contributed by atoms with E-state index in [1.807, 2.05) is 42.6 Å². The average Bonchev–Trinajstić information content (AvgIpc) is 3.29. The van der Waals surface area contributed by atoms with Gasteiger partial charge >= 0.3 is 0 Å². The summed E-state index contributed by atoms with van der Waals surface area (Å²) in [5.74, 6) is -0.0557. The molecule has 0 unspecified atom stereocenters. The minimum absolute atomic E-state index is 0.0557. The van der Waals surface area contributed by atoms with Crippen LogP contribution in [-0.2, 0) is 13.1 Å². The first kappa shape index (κ1) is 18.4. The number of amides is 1. The summed E-state index contributed by atoms with van der Waals surface area (Å²) in [5, 5.41) is 7.27. The van der Waals surface area contributed by atoms with Gasteiger partial charge in [-0.3, -0.25) is 9.69 Å². The fourth-order valence-corrected chi connectivity index (χ4v) is 3.71. The molecule has 5 nitrogen and oxygen atoms in total. The van der Waals surface area contributed by atoms with Crippen molar-refractivity contribution in [1.29, 1.82) is 0 Å². The van der Waals surface area contributed by atoms with Crippen LogP contribution in [0.5, 0.6) is 0 Å². The van der Waals surface area contributed by atoms with Crippen molar-refractivity contribution < 1.29 is 4.79 Å². The third-order valence-corrected chi connectivity index (χ3v) is 5.30. The maximum absolute atomic E-state index is 12.6. The predicted molar refractivity (Wildman–Crippen MR) is 110 cm³/mol. The molecule has 0 atom stereocenters. The highest BCUT2D eigenvalue weighted by atomic mass is 16.1. The summed E-state index contributed by atoms with van der Waals surface area (Å²) in [7, 11) is 0. The van der Waals surface area contributed by atoms with Gasteiger partial charge in [-0.25, -0.2) is 4.68 Å². The highest BCUT2D eigenvalue weighted by molar-refractivity contribution is 5.94. The Morgan fingerprint density at radius 1 is 0.929 bits per heavy atom. The lowest BCUT2D eigenvalue weighted by Crippen LogP contribution is -2.30. The quantitative estimate of drug-likeness (QED) is 0.714. The molecule has 0 saturated carbocycles. The number of benzene rings is 2. The number of likely N-dealkylation sites (tertiary alicyclic amines) is 1. The van der Waals surface area contributed by atoms with Gasteiger partial charge in [0.1, 0.15) is 0 Å². The van der Waals surface area contributed by atoms with E-state index in [4.69, 9.17) is 0 Å². The van der Waals surface area contributed by atoms with E-state index in [2.05, 4.69) is 33.5 Å². The van der Waals surface area contributed by atoms with Crippen LogP contribution in [0.4, 0.5) is 0 Å². The zero-order chi connectivity index (χ0) is 19.2. The number of aromatic nitrogens is 2. The topological polar surface area (TPSA) is 50.2 Å². The number of piperidine rings is 1. The van der Waals surface area contributed by atoms with Crippen LogP contribution in [0.15, 0.2) is 67.0 Å². The van der Waals surface area contributed by atoms with E-state index in [0.29, 0.717) is 12.1 Å². The molecule has 1 N–H and O–H groups in total. The summed E-state index contributed by atoms with van der Waals surface area (Å²) in [6.45, 7) is 3.85. The van der Waals surface area contributed by atoms with Crippen LogP contribution in [0.3, 0.4) is 0 Å². The zero-order valence-corrected chi connectivity index (χ0v) is 16.1. The summed E-state index contributed by atoms with van der Waals surface area (Å²) in [6.07, 6.45) is 7.53. The maximum Gasteiger partial charge on any atom is 0.251 e. The van der Waals surface area contributed by atoms with Gasteiger partial charge in [-0.05, 0) is 67.4 Å². The second-order valence-electron chi connectivity index (χ2n) is 7.29. The Hall–Kier alpha value is -2.92. The van der Waals surface area contributed by atoms with Gasteiger partial charge in [0.25, 0.3) is 5.91 Å². The molecule has 1 aromatic heterocycles. The SMILES string of the molecule is O=C(NCc1ccccc1CN1CCCCC1)c1ccc(-n2cccn2)cc1. The number of rotatable bonds is 6. The molecule has 1 fully saturated rings. The number of hydrogen-bond acceptors (Lipinski definition) is 3. The molecule has 0 aliphatic carbocycles. The van der Waals surface area contributed by atoms with Gasteiger partial charge < -0.3 is 5.32 Å². The number of carbonyl (C=O) groups excluding carboxylic acids is 1. The van der Waals surface area contributed by atoms with Crippen molar-refractivity contribution in [3.05, 3.63) is 83.7 Å². The molecule has 1 amide bonds. The van der Waals surface area contributed by atoms with Crippen LogP contribution in [0.1, 0.15) is 40.7 Å². The zero-order valence-electron chi connectivity index (χ0n) is 16.1. The molecule has 0 radical (unpaired) electrons. The lowest BCUT2D eigenvalue weighted by molar-refractivity contribution is 0.0950. The van der Waals surface area contributed by atoms with Crippen LogP contribution >= 0.6 is 0 Å². The predicted octanol–water partition coefficient (Wildman–Crippen LogP) is 3.79. The molecule has 28 heavy (non-hydrogen) atoms. The lowest BCUT2D eigenvalue weighted by Gasteiger charge is -2.27. The van der Waals surface area contributed by atoms with E-state index >= 15 is 0 Å². The second kappa shape index (κ2) is 8.85. The molecule has 0 spiro atoms. The third-order valence-electron chi connectivity index (χ3n) is 5.30. The summed E-state index contributed by atoms with van der Waals surface area (Å²) in [5.41, 5.74) is 4.09. The van der Waals surface area contributed by atoms with Gasteiger partial charge in [0.15, 0.2) is 0 Å². The van der Waals surface area contributed by atoms with Crippen molar-refractivity contribution in [3.63, 3.8) is 0 Å². The first-order chi connectivity index (χ1) is 13.8. The highest BCUT2D eigenvalue weighted by Crippen LogP contribution is 2.16.